The third-order valence-electron chi connectivity index (χ3n) is 3.78. The van der Waals surface area contributed by atoms with Crippen LogP contribution in [0.1, 0.15) is 62.0 Å². The summed E-state index contributed by atoms with van der Waals surface area (Å²) in [5.74, 6) is -1.22. The molecule has 2 rings (SSSR count). The first-order valence-electron chi connectivity index (χ1n) is 7.32. The Morgan fingerprint density at radius 2 is 1.83 bits per heavy atom. The standard InChI is InChI=1S/C16H19N3O4S/c1-6-11(9(4)20)7(2)18-13(6)14(21)10(5)23-16(22)12-8(3)19-24-15(12)17/h10,18H,17H2,1-5H3/t10-/m1/s1. The van der Waals surface area contributed by atoms with Gasteiger partial charge in [-0.25, -0.2) is 4.79 Å². The predicted molar refractivity (Wildman–Crippen MR) is 90.7 cm³/mol. The van der Waals surface area contributed by atoms with E-state index in [1.54, 1.807) is 20.8 Å². The molecule has 0 bridgehead atoms. The minimum atomic E-state index is -1.02. The predicted octanol–water partition coefficient (Wildman–Crippen LogP) is 2.61. The van der Waals surface area contributed by atoms with Crippen molar-refractivity contribution in [2.45, 2.75) is 40.7 Å². The highest BCUT2D eigenvalue weighted by atomic mass is 32.1. The van der Waals surface area contributed by atoms with Crippen molar-refractivity contribution in [2.24, 2.45) is 0 Å². The Balaban J connectivity index is 2.23. The molecule has 2 aromatic heterocycles. The highest BCUT2D eigenvalue weighted by Crippen LogP contribution is 2.24. The van der Waals surface area contributed by atoms with Gasteiger partial charge in [0.05, 0.1) is 11.4 Å². The van der Waals surface area contributed by atoms with Crippen molar-refractivity contribution in [3.05, 3.63) is 33.8 Å². The lowest BCUT2D eigenvalue weighted by Crippen LogP contribution is -2.25. The number of ether oxygens (including phenoxy) is 1. The molecule has 8 heteroatoms. The van der Waals surface area contributed by atoms with Crippen molar-refractivity contribution >= 4 is 34.1 Å². The van der Waals surface area contributed by atoms with Crippen molar-refractivity contribution in [3.8, 4) is 0 Å². The van der Waals surface area contributed by atoms with Crippen molar-refractivity contribution in [2.75, 3.05) is 5.73 Å². The Kier molecular flexibility index (Phi) is 4.88. The molecule has 0 spiro atoms. The number of nitrogens with one attached hydrogen (secondary N) is 1. The fourth-order valence-electron chi connectivity index (χ4n) is 2.64. The number of aryl methyl sites for hydroxylation is 2. The molecular formula is C16H19N3O4S. The minimum absolute atomic E-state index is 0.127. The third kappa shape index (κ3) is 3.09. The number of aromatic amines is 1. The van der Waals surface area contributed by atoms with E-state index >= 15 is 0 Å². The summed E-state index contributed by atoms with van der Waals surface area (Å²) in [6.07, 6.45) is -1.02. The Hall–Kier alpha value is -2.48. The first-order chi connectivity index (χ1) is 11.1. The fourth-order valence-corrected chi connectivity index (χ4v) is 3.29. The first-order valence-corrected chi connectivity index (χ1v) is 8.09. The lowest BCUT2D eigenvalue weighted by atomic mass is 10.0. The number of nitrogens with zero attached hydrogens (tertiary/aromatic N) is 1. The summed E-state index contributed by atoms with van der Waals surface area (Å²) >= 11 is 1.00. The van der Waals surface area contributed by atoms with Crippen LogP contribution >= 0.6 is 11.5 Å². The molecule has 0 fully saturated rings. The van der Waals surface area contributed by atoms with Crippen LogP contribution in [0.25, 0.3) is 0 Å². The zero-order valence-electron chi connectivity index (χ0n) is 14.1. The number of esters is 1. The highest BCUT2D eigenvalue weighted by Gasteiger charge is 2.28. The average molecular weight is 349 g/mol. The first kappa shape index (κ1) is 17.9. The molecule has 0 saturated carbocycles. The Morgan fingerprint density at radius 1 is 1.21 bits per heavy atom. The SMILES string of the molecule is CC(=O)c1c(C)[nH]c(C(=O)[C@@H](C)OC(=O)c2c(C)nsc2N)c1C. The van der Waals surface area contributed by atoms with E-state index in [1.165, 1.54) is 13.8 Å². The number of rotatable bonds is 5. The van der Waals surface area contributed by atoms with E-state index < -0.39 is 17.9 Å². The summed E-state index contributed by atoms with van der Waals surface area (Å²) in [4.78, 5) is 39.3. The molecule has 7 nitrogen and oxygen atoms in total. The molecule has 2 heterocycles. The second kappa shape index (κ2) is 6.56. The normalized spacial score (nSPS) is 12.0. The topological polar surface area (TPSA) is 115 Å². The summed E-state index contributed by atoms with van der Waals surface area (Å²) in [5, 5.41) is 0.253. The zero-order chi connectivity index (χ0) is 18.2. The van der Waals surface area contributed by atoms with E-state index in [4.69, 9.17) is 10.5 Å². The quantitative estimate of drug-likeness (QED) is 0.633. The largest absolute Gasteiger partial charge is 0.450 e. The van der Waals surface area contributed by atoms with Crippen LogP contribution in [0, 0.1) is 20.8 Å². The van der Waals surface area contributed by atoms with Crippen molar-refractivity contribution in [1.82, 2.24) is 9.36 Å². The van der Waals surface area contributed by atoms with Gasteiger partial charge in [0, 0.05) is 11.3 Å². The van der Waals surface area contributed by atoms with Crippen LogP contribution in [-0.4, -0.2) is 33.0 Å². The third-order valence-corrected chi connectivity index (χ3v) is 4.55. The number of carbonyl (C=O) groups excluding carboxylic acids is 3. The van der Waals surface area contributed by atoms with Gasteiger partial charge in [0.25, 0.3) is 0 Å². The van der Waals surface area contributed by atoms with E-state index in [9.17, 15) is 14.4 Å². The van der Waals surface area contributed by atoms with E-state index in [0.29, 0.717) is 22.5 Å². The number of H-pyrrole nitrogens is 1. The summed E-state index contributed by atoms with van der Waals surface area (Å²) in [5.41, 5.74) is 8.29. The van der Waals surface area contributed by atoms with E-state index in [2.05, 4.69) is 9.36 Å². The number of hydrogen-bond acceptors (Lipinski definition) is 7. The Labute approximate surface area is 143 Å². The lowest BCUT2D eigenvalue weighted by Gasteiger charge is -2.12. The number of nitrogens with two attached hydrogens (primary N) is 1. The summed E-state index contributed by atoms with van der Waals surface area (Å²) in [7, 11) is 0. The number of aromatic nitrogens is 2. The molecule has 0 saturated heterocycles. The number of carbonyl (C=O) groups is 3. The van der Waals surface area contributed by atoms with Crippen molar-refractivity contribution in [3.63, 3.8) is 0 Å². The summed E-state index contributed by atoms with van der Waals surface area (Å²) in [6.45, 7) is 7.98. The van der Waals surface area contributed by atoms with Crippen molar-refractivity contribution in [1.29, 1.82) is 0 Å². The van der Waals surface area contributed by atoms with Crippen LogP contribution in [0.4, 0.5) is 5.00 Å². The van der Waals surface area contributed by atoms with Gasteiger partial charge >= 0.3 is 5.97 Å². The maximum absolute atomic E-state index is 12.6. The van der Waals surface area contributed by atoms with Gasteiger partial charge < -0.3 is 15.5 Å². The molecule has 0 amide bonds. The molecule has 128 valence electrons. The molecule has 1 atom stereocenters. The molecule has 0 radical (unpaired) electrons. The molecule has 0 aliphatic carbocycles. The Bertz CT molecular complexity index is 815. The van der Waals surface area contributed by atoms with Crippen LogP contribution < -0.4 is 5.73 Å². The maximum atomic E-state index is 12.6. The van der Waals surface area contributed by atoms with Gasteiger partial charge in [-0.05, 0) is 51.7 Å². The maximum Gasteiger partial charge on any atom is 0.343 e. The van der Waals surface area contributed by atoms with Crippen LogP contribution in [0.5, 0.6) is 0 Å². The summed E-state index contributed by atoms with van der Waals surface area (Å²) < 4.78 is 9.21. The highest BCUT2D eigenvalue weighted by molar-refractivity contribution is 7.10. The molecule has 0 aliphatic heterocycles. The lowest BCUT2D eigenvalue weighted by molar-refractivity contribution is 0.0317. The number of hydrogen-bond donors (Lipinski definition) is 2. The zero-order valence-corrected chi connectivity index (χ0v) is 15.0. The van der Waals surface area contributed by atoms with Crippen molar-refractivity contribution < 1.29 is 19.1 Å². The monoisotopic (exact) mass is 349 g/mol. The molecule has 2 aromatic rings. The number of nitrogen functional groups attached to an aromatic ring is 1. The Morgan fingerprint density at radius 3 is 2.29 bits per heavy atom. The average Bonchev–Trinajstić information content (AvgIpc) is 2.97. The molecule has 0 aliphatic rings. The van der Waals surface area contributed by atoms with E-state index in [0.717, 1.165) is 11.5 Å². The van der Waals surface area contributed by atoms with Crippen LogP contribution in [-0.2, 0) is 4.74 Å². The molecule has 0 unspecified atom stereocenters. The molecule has 0 aromatic carbocycles. The van der Waals surface area contributed by atoms with Gasteiger partial charge in [-0.3, -0.25) is 9.59 Å². The van der Waals surface area contributed by atoms with Gasteiger partial charge in [0.1, 0.15) is 10.6 Å². The number of ketones is 2. The van der Waals surface area contributed by atoms with Gasteiger partial charge in [-0.2, -0.15) is 4.37 Å². The van der Waals surface area contributed by atoms with Crippen LogP contribution in [0.2, 0.25) is 0 Å². The van der Waals surface area contributed by atoms with Gasteiger partial charge in [-0.1, -0.05) is 0 Å². The smallest absolute Gasteiger partial charge is 0.343 e. The number of Topliss-reactive ketones (excluding diaryl/α,β-unsaturated/α-hetero) is 2. The molecular weight excluding hydrogens is 330 g/mol. The van der Waals surface area contributed by atoms with Crippen LogP contribution in [0.15, 0.2) is 0 Å². The minimum Gasteiger partial charge on any atom is -0.450 e. The van der Waals surface area contributed by atoms with E-state index in [-0.39, 0.29) is 22.0 Å². The molecule has 3 N–H and O–H groups in total. The van der Waals surface area contributed by atoms with Gasteiger partial charge in [0.15, 0.2) is 11.9 Å². The number of anilines is 1. The van der Waals surface area contributed by atoms with Crippen LogP contribution in [0.3, 0.4) is 0 Å². The van der Waals surface area contributed by atoms with Gasteiger partial charge in [0.2, 0.25) is 5.78 Å². The summed E-state index contributed by atoms with van der Waals surface area (Å²) in [6, 6.07) is 0. The fraction of sp³-hybridized carbons (Fsp3) is 0.375. The van der Waals surface area contributed by atoms with E-state index in [1.807, 2.05) is 0 Å². The second-order valence-corrected chi connectivity index (χ2v) is 6.41. The van der Waals surface area contributed by atoms with Gasteiger partial charge in [-0.15, -0.1) is 0 Å². The second-order valence-electron chi connectivity index (χ2n) is 5.60. The molecule has 24 heavy (non-hydrogen) atoms.